The average Bonchev–Trinajstić information content (AvgIpc) is 3.27. The van der Waals surface area contributed by atoms with Crippen LogP contribution in [0.25, 0.3) is 0 Å². The number of likely N-dealkylation sites (tertiary alicyclic amines) is 1. The standard InChI is InChI=1S/C20H36N8O6S/c1-35-9-6-12(26-16(30)11(21)10-15(22)29)17(31)27-13(4-2-7-25-20(23)24)18(32)28-8-3-5-14(28)19(33)34/h11-14H,2-10,21H2,1H3,(H2,22,29)(H,26,30)(H,27,31)(H,33,34)(H4,23,24,25). The summed E-state index contributed by atoms with van der Waals surface area (Å²) in [6, 6.07) is -4.28. The summed E-state index contributed by atoms with van der Waals surface area (Å²) >= 11 is 1.45. The van der Waals surface area contributed by atoms with Gasteiger partial charge >= 0.3 is 5.97 Å². The van der Waals surface area contributed by atoms with Gasteiger partial charge in [0.1, 0.15) is 18.1 Å². The molecule has 1 aliphatic heterocycles. The Kier molecular flexibility index (Phi) is 12.9. The zero-order chi connectivity index (χ0) is 26.5. The quantitative estimate of drug-likeness (QED) is 0.0661. The van der Waals surface area contributed by atoms with Crippen molar-refractivity contribution in [1.29, 1.82) is 0 Å². The monoisotopic (exact) mass is 516 g/mol. The molecule has 1 saturated heterocycles. The molecule has 198 valence electrons. The van der Waals surface area contributed by atoms with E-state index in [1.807, 2.05) is 6.26 Å². The van der Waals surface area contributed by atoms with Crippen LogP contribution < -0.4 is 33.6 Å². The van der Waals surface area contributed by atoms with Gasteiger partial charge in [-0.3, -0.25) is 24.2 Å². The number of carboxylic acids is 1. The van der Waals surface area contributed by atoms with Crippen molar-refractivity contribution in [3.8, 4) is 0 Å². The SMILES string of the molecule is CSCCC(NC(=O)C(N)CC(N)=O)C(=O)NC(CCCN=C(N)N)C(=O)N1CCCC1C(=O)O. The van der Waals surface area contributed by atoms with Gasteiger partial charge in [-0.15, -0.1) is 0 Å². The van der Waals surface area contributed by atoms with Crippen LogP contribution in [0.15, 0.2) is 4.99 Å². The van der Waals surface area contributed by atoms with E-state index in [1.165, 1.54) is 16.7 Å². The molecule has 1 rings (SSSR count). The summed E-state index contributed by atoms with van der Waals surface area (Å²) in [7, 11) is 0. The third kappa shape index (κ3) is 10.4. The number of nitrogens with zero attached hydrogens (tertiary/aromatic N) is 2. The van der Waals surface area contributed by atoms with Gasteiger partial charge in [-0.25, -0.2) is 4.79 Å². The zero-order valence-corrected chi connectivity index (χ0v) is 20.6. The third-order valence-corrected chi connectivity index (χ3v) is 6.03. The molecule has 0 radical (unpaired) electrons. The minimum absolute atomic E-state index is 0.116. The van der Waals surface area contributed by atoms with Gasteiger partial charge in [-0.1, -0.05) is 0 Å². The minimum atomic E-state index is -1.23. The number of guanidine groups is 1. The molecule has 1 aliphatic rings. The average molecular weight is 517 g/mol. The Hall–Kier alpha value is -3.07. The Balaban J connectivity index is 3.01. The van der Waals surface area contributed by atoms with Gasteiger partial charge in [-0.2, -0.15) is 11.8 Å². The van der Waals surface area contributed by atoms with E-state index in [1.54, 1.807) is 0 Å². The molecule has 1 fully saturated rings. The van der Waals surface area contributed by atoms with Crippen LogP contribution in [-0.4, -0.2) is 94.8 Å². The summed E-state index contributed by atoms with van der Waals surface area (Å²) in [6.07, 6.45) is 3.01. The second-order valence-electron chi connectivity index (χ2n) is 8.16. The molecule has 0 aromatic rings. The third-order valence-electron chi connectivity index (χ3n) is 5.38. The number of amides is 4. The normalized spacial score (nSPS) is 17.7. The molecule has 4 atom stereocenters. The first-order valence-electron chi connectivity index (χ1n) is 11.2. The maximum Gasteiger partial charge on any atom is 0.326 e. The number of carbonyl (C=O) groups is 5. The van der Waals surface area contributed by atoms with Gasteiger partial charge in [0.2, 0.25) is 23.6 Å². The highest BCUT2D eigenvalue weighted by Gasteiger charge is 2.38. The topological polar surface area (TPSA) is 249 Å². The van der Waals surface area contributed by atoms with E-state index in [0.29, 0.717) is 25.0 Å². The van der Waals surface area contributed by atoms with Crippen LogP contribution >= 0.6 is 11.8 Å². The predicted octanol–water partition coefficient (Wildman–Crippen LogP) is -2.96. The van der Waals surface area contributed by atoms with E-state index >= 15 is 0 Å². The first-order chi connectivity index (χ1) is 16.5. The Bertz CT molecular complexity index is 806. The number of primary amides is 1. The lowest BCUT2D eigenvalue weighted by atomic mass is 10.1. The fourth-order valence-electron chi connectivity index (χ4n) is 3.61. The molecule has 35 heavy (non-hydrogen) atoms. The van der Waals surface area contributed by atoms with Crippen molar-refractivity contribution in [3.05, 3.63) is 0 Å². The molecule has 1 heterocycles. The number of hydrogen-bond acceptors (Lipinski definition) is 8. The molecular formula is C20H36N8O6S. The molecule has 11 N–H and O–H groups in total. The van der Waals surface area contributed by atoms with Crippen LogP contribution in [-0.2, 0) is 24.0 Å². The molecule has 0 spiro atoms. The van der Waals surface area contributed by atoms with E-state index in [-0.39, 0.29) is 38.3 Å². The van der Waals surface area contributed by atoms with Crippen LogP contribution in [0.5, 0.6) is 0 Å². The maximum absolute atomic E-state index is 13.2. The maximum atomic E-state index is 13.2. The molecule has 4 unspecified atom stereocenters. The predicted molar refractivity (Wildman–Crippen MR) is 131 cm³/mol. The summed E-state index contributed by atoms with van der Waals surface area (Å²) in [5.74, 6) is -3.38. The minimum Gasteiger partial charge on any atom is -0.480 e. The molecule has 0 saturated carbocycles. The van der Waals surface area contributed by atoms with E-state index < -0.39 is 53.8 Å². The number of hydrogen-bond donors (Lipinski definition) is 7. The van der Waals surface area contributed by atoms with Crippen molar-refractivity contribution in [1.82, 2.24) is 15.5 Å². The van der Waals surface area contributed by atoms with Crippen LogP contribution in [0.4, 0.5) is 0 Å². The molecular weight excluding hydrogens is 480 g/mol. The van der Waals surface area contributed by atoms with E-state index in [2.05, 4.69) is 15.6 Å². The molecule has 0 aliphatic carbocycles. The van der Waals surface area contributed by atoms with Crippen molar-refractivity contribution < 1.29 is 29.1 Å². The first kappa shape index (κ1) is 30.0. The van der Waals surface area contributed by atoms with Crippen molar-refractivity contribution in [2.45, 2.75) is 62.7 Å². The van der Waals surface area contributed by atoms with Crippen LogP contribution in [0.2, 0.25) is 0 Å². The number of nitrogens with two attached hydrogens (primary N) is 4. The smallest absolute Gasteiger partial charge is 0.326 e. The van der Waals surface area contributed by atoms with E-state index in [4.69, 9.17) is 22.9 Å². The fourth-order valence-corrected chi connectivity index (χ4v) is 4.08. The van der Waals surface area contributed by atoms with Crippen molar-refractivity contribution in [3.63, 3.8) is 0 Å². The zero-order valence-electron chi connectivity index (χ0n) is 19.8. The second kappa shape index (κ2) is 15.0. The molecule has 15 heteroatoms. The number of aliphatic imine (C=N–C) groups is 1. The Morgan fingerprint density at radius 2 is 1.74 bits per heavy atom. The van der Waals surface area contributed by atoms with E-state index in [0.717, 1.165) is 0 Å². The second-order valence-corrected chi connectivity index (χ2v) is 9.14. The fraction of sp³-hybridized carbons (Fsp3) is 0.700. The van der Waals surface area contributed by atoms with Crippen LogP contribution in [0.1, 0.15) is 38.5 Å². The highest BCUT2D eigenvalue weighted by atomic mass is 32.2. The lowest BCUT2D eigenvalue weighted by molar-refractivity contribution is -0.149. The number of nitrogens with one attached hydrogen (secondary N) is 2. The van der Waals surface area contributed by atoms with Crippen LogP contribution in [0, 0.1) is 0 Å². The highest BCUT2D eigenvalue weighted by Crippen LogP contribution is 2.20. The number of rotatable bonds is 15. The van der Waals surface area contributed by atoms with Crippen molar-refractivity contribution in [2.24, 2.45) is 27.9 Å². The van der Waals surface area contributed by atoms with Gasteiger partial charge in [0.05, 0.1) is 12.5 Å². The van der Waals surface area contributed by atoms with Gasteiger partial charge in [0, 0.05) is 13.1 Å². The summed E-state index contributed by atoms with van der Waals surface area (Å²) in [5, 5.41) is 14.6. The lowest BCUT2D eigenvalue weighted by Crippen LogP contribution is -2.57. The van der Waals surface area contributed by atoms with E-state index in [9.17, 15) is 29.1 Å². The largest absolute Gasteiger partial charge is 0.480 e. The lowest BCUT2D eigenvalue weighted by Gasteiger charge is -2.29. The molecule has 14 nitrogen and oxygen atoms in total. The van der Waals surface area contributed by atoms with Gasteiger partial charge < -0.3 is 43.6 Å². The summed E-state index contributed by atoms with van der Waals surface area (Å²) < 4.78 is 0. The summed E-state index contributed by atoms with van der Waals surface area (Å²) in [5.41, 5.74) is 21.4. The van der Waals surface area contributed by atoms with Crippen LogP contribution in [0.3, 0.4) is 0 Å². The van der Waals surface area contributed by atoms with Gasteiger partial charge in [0.25, 0.3) is 0 Å². The number of carboxylic acid groups (broad SMARTS) is 1. The molecule has 0 aromatic heterocycles. The summed E-state index contributed by atoms with van der Waals surface area (Å²) in [6.45, 7) is 0.462. The van der Waals surface area contributed by atoms with Crippen molar-refractivity contribution >= 4 is 47.3 Å². The Morgan fingerprint density at radius 1 is 1.09 bits per heavy atom. The molecule has 4 amide bonds. The number of aliphatic carboxylic acids is 1. The Labute approximate surface area is 208 Å². The highest BCUT2D eigenvalue weighted by molar-refractivity contribution is 7.98. The number of thioether (sulfide) groups is 1. The molecule has 0 aromatic carbocycles. The van der Waals surface area contributed by atoms with Gasteiger partial charge in [0.15, 0.2) is 5.96 Å². The summed E-state index contributed by atoms with van der Waals surface area (Å²) in [4.78, 5) is 66.4. The Morgan fingerprint density at radius 3 is 2.31 bits per heavy atom. The molecule has 0 bridgehead atoms. The first-order valence-corrected chi connectivity index (χ1v) is 12.6. The van der Waals surface area contributed by atoms with Crippen molar-refractivity contribution in [2.75, 3.05) is 25.1 Å². The van der Waals surface area contributed by atoms with Gasteiger partial charge in [-0.05, 0) is 44.1 Å². The number of carbonyl (C=O) groups excluding carboxylic acids is 4.